The Labute approximate surface area is 162 Å². The highest BCUT2D eigenvalue weighted by molar-refractivity contribution is 7.88. The van der Waals surface area contributed by atoms with E-state index >= 15 is 0 Å². The zero-order valence-electron chi connectivity index (χ0n) is 16.1. The van der Waals surface area contributed by atoms with Crippen LogP contribution in [0.25, 0.3) is 0 Å². The van der Waals surface area contributed by atoms with Gasteiger partial charge < -0.3 is 10.6 Å². The van der Waals surface area contributed by atoms with Crippen molar-refractivity contribution in [2.75, 3.05) is 13.6 Å². The van der Waals surface area contributed by atoms with Crippen molar-refractivity contribution in [3.63, 3.8) is 0 Å². The summed E-state index contributed by atoms with van der Waals surface area (Å²) < 4.78 is 25.8. The maximum Gasteiger partial charge on any atom is 0.215 e. The fourth-order valence-electron chi connectivity index (χ4n) is 2.51. The monoisotopic (exact) mass is 388 g/mol. The zero-order chi connectivity index (χ0) is 19.7. The van der Waals surface area contributed by atoms with Crippen LogP contribution < -0.4 is 15.4 Å². The van der Waals surface area contributed by atoms with E-state index in [4.69, 9.17) is 0 Å². The first-order chi connectivity index (χ1) is 12.9. The third kappa shape index (κ3) is 7.40. The molecule has 2 rings (SSSR count). The molecule has 0 aliphatic rings. The number of hydrogen-bond acceptors (Lipinski definition) is 3. The second kappa shape index (κ2) is 10.1. The van der Waals surface area contributed by atoms with Gasteiger partial charge >= 0.3 is 0 Å². The van der Waals surface area contributed by atoms with Crippen LogP contribution in [0.2, 0.25) is 0 Å². The molecule has 146 valence electrons. The second-order valence-corrected chi connectivity index (χ2v) is 8.24. The van der Waals surface area contributed by atoms with Crippen LogP contribution in [0.15, 0.2) is 53.5 Å². The first kappa shape index (κ1) is 20.9. The minimum absolute atomic E-state index is 0.0349. The van der Waals surface area contributed by atoms with Crippen molar-refractivity contribution in [2.24, 2.45) is 4.99 Å². The Hall–Kier alpha value is -2.38. The average Bonchev–Trinajstić information content (AvgIpc) is 2.65. The number of nitrogens with one attached hydrogen (secondary N) is 3. The Kier molecular flexibility index (Phi) is 7.82. The van der Waals surface area contributed by atoms with Crippen LogP contribution in [0.4, 0.5) is 0 Å². The lowest BCUT2D eigenvalue weighted by Gasteiger charge is -2.12. The zero-order valence-corrected chi connectivity index (χ0v) is 16.9. The van der Waals surface area contributed by atoms with Crippen LogP contribution in [-0.2, 0) is 28.9 Å². The third-order valence-corrected chi connectivity index (χ3v) is 5.34. The Morgan fingerprint density at radius 3 is 2.37 bits per heavy atom. The molecule has 0 aliphatic carbocycles. The van der Waals surface area contributed by atoms with E-state index < -0.39 is 10.0 Å². The van der Waals surface area contributed by atoms with E-state index in [9.17, 15) is 8.42 Å². The Balaban J connectivity index is 2.02. The minimum Gasteiger partial charge on any atom is -0.357 e. The highest BCUT2D eigenvalue weighted by Gasteiger charge is 2.08. The topological polar surface area (TPSA) is 82.6 Å². The van der Waals surface area contributed by atoms with Crippen molar-refractivity contribution >= 4 is 16.0 Å². The van der Waals surface area contributed by atoms with Crippen molar-refractivity contribution in [3.8, 4) is 0 Å². The summed E-state index contributed by atoms with van der Waals surface area (Å²) in [4.78, 5) is 4.60. The lowest BCUT2D eigenvalue weighted by atomic mass is 10.1. The van der Waals surface area contributed by atoms with E-state index in [1.165, 1.54) is 18.2 Å². The number of sulfonamides is 1. The van der Waals surface area contributed by atoms with E-state index in [-0.39, 0.29) is 5.75 Å². The van der Waals surface area contributed by atoms with Crippen LogP contribution in [0, 0.1) is 6.92 Å². The summed E-state index contributed by atoms with van der Waals surface area (Å²) in [7, 11) is -1.86. The maximum atomic E-state index is 11.7. The molecule has 0 aliphatic heterocycles. The van der Waals surface area contributed by atoms with E-state index in [1.54, 1.807) is 0 Å². The molecular weight excluding hydrogens is 360 g/mol. The van der Waals surface area contributed by atoms with E-state index in [0.717, 1.165) is 23.6 Å². The molecule has 0 bridgehead atoms. The first-order valence-electron chi connectivity index (χ1n) is 8.98. The molecule has 0 fully saturated rings. The molecular formula is C20H28N4O2S. The van der Waals surface area contributed by atoms with Gasteiger partial charge in [-0.25, -0.2) is 18.1 Å². The molecule has 0 radical (unpaired) electrons. The Morgan fingerprint density at radius 1 is 1.00 bits per heavy atom. The molecule has 0 saturated heterocycles. The van der Waals surface area contributed by atoms with Gasteiger partial charge in [0.2, 0.25) is 10.0 Å². The predicted octanol–water partition coefficient (Wildman–Crippen LogP) is 2.30. The molecule has 27 heavy (non-hydrogen) atoms. The van der Waals surface area contributed by atoms with Crippen LogP contribution in [0.3, 0.4) is 0 Å². The van der Waals surface area contributed by atoms with Gasteiger partial charge in [-0.05, 0) is 37.6 Å². The van der Waals surface area contributed by atoms with Crippen LogP contribution in [0.5, 0.6) is 0 Å². The van der Waals surface area contributed by atoms with E-state index in [0.29, 0.717) is 13.1 Å². The Morgan fingerprint density at radius 2 is 1.70 bits per heavy atom. The number of nitrogens with zero attached hydrogens (tertiary/aromatic N) is 1. The van der Waals surface area contributed by atoms with Gasteiger partial charge in [0.1, 0.15) is 0 Å². The minimum atomic E-state index is -3.28. The fourth-order valence-corrected chi connectivity index (χ4v) is 3.28. The maximum absolute atomic E-state index is 11.7. The highest BCUT2D eigenvalue weighted by atomic mass is 32.2. The molecule has 0 amide bonds. The largest absolute Gasteiger partial charge is 0.357 e. The molecule has 0 heterocycles. The molecule has 0 aromatic heterocycles. The van der Waals surface area contributed by atoms with Gasteiger partial charge in [0, 0.05) is 13.1 Å². The normalized spacial score (nSPS) is 12.0. The summed E-state index contributed by atoms with van der Waals surface area (Å²) in [6, 6.07) is 15.9. The summed E-state index contributed by atoms with van der Waals surface area (Å²) in [5.41, 5.74) is 4.13. The number of rotatable bonds is 8. The Bertz CT molecular complexity index is 862. The smallest absolute Gasteiger partial charge is 0.215 e. The number of hydrogen-bond donors (Lipinski definition) is 3. The second-order valence-electron chi connectivity index (χ2n) is 6.32. The lowest BCUT2D eigenvalue weighted by Crippen LogP contribution is -2.36. The predicted molar refractivity (Wildman–Crippen MR) is 111 cm³/mol. The molecule has 0 spiro atoms. The average molecular weight is 389 g/mol. The molecule has 2 aromatic carbocycles. The molecule has 0 unspecified atom stereocenters. The quantitative estimate of drug-likeness (QED) is 0.479. The SMILES string of the molecule is CCNC(=NCc1cccc(CS(=O)(=O)NC)c1)NCc1ccc(C)cc1. The molecule has 7 heteroatoms. The number of benzene rings is 2. The van der Waals surface area contributed by atoms with Gasteiger partial charge in [0.15, 0.2) is 5.96 Å². The molecule has 0 saturated carbocycles. The van der Waals surface area contributed by atoms with Crippen molar-refractivity contribution in [3.05, 3.63) is 70.8 Å². The van der Waals surface area contributed by atoms with Gasteiger partial charge in [-0.3, -0.25) is 0 Å². The summed E-state index contributed by atoms with van der Waals surface area (Å²) >= 11 is 0. The summed E-state index contributed by atoms with van der Waals surface area (Å²) in [5, 5.41) is 6.55. The van der Waals surface area contributed by atoms with Crippen LogP contribution >= 0.6 is 0 Å². The molecule has 0 atom stereocenters. The number of aliphatic imine (C=N–C) groups is 1. The fraction of sp³-hybridized carbons (Fsp3) is 0.350. The molecule has 2 aromatic rings. The summed E-state index contributed by atoms with van der Waals surface area (Å²) in [6.45, 7) is 6.01. The summed E-state index contributed by atoms with van der Waals surface area (Å²) in [6.07, 6.45) is 0. The third-order valence-electron chi connectivity index (χ3n) is 4.00. The van der Waals surface area contributed by atoms with Crippen LogP contribution in [-0.4, -0.2) is 28.0 Å². The van der Waals surface area contributed by atoms with E-state index in [1.807, 2.05) is 31.2 Å². The van der Waals surface area contributed by atoms with Gasteiger partial charge in [-0.15, -0.1) is 0 Å². The van der Waals surface area contributed by atoms with Gasteiger partial charge in [0.25, 0.3) is 0 Å². The van der Waals surface area contributed by atoms with Crippen molar-refractivity contribution in [1.29, 1.82) is 0 Å². The highest BCUT2D eigenvalue weighted by Crippen LogP contribution is 2.10. The first-order valence-corrected chi connectivity index (χ1v) is 10.6. The lowest BCUT2D eigenvalue weighted by molar-refractivity contribution is 0.587. The number of aryl methyl sites for hydroxylation is 1. The van der Waals surface area contributed by atoms with Crippen molar-refractivity contribution in [1.82, 2.24) is 15.4 Å². The van der Waals surface area contributed by atoms with E-state index in [2.05, 4.69) is 51.5 Å². The number of guanidine groups is 1. The standard InChI is InChI=1S/C20H28N4O2S/c1-4-22-20(23-13-17-10-8-16(2)9-11-17)24-14-18-6-5-7-19(12-18)15-27(25,26)21-3/h5-12,21H,4,13-15H2,1-3H3,(H2,22,23,24). The van der Waals surface area contributed by atoms with Crippen molar-refractivity contribution in [2.45, 2.75) is 32.7 Å². The van der Waals surface area contributed by atoms with Crippen LogP contribution in [0.1, 0.15) is 29.2 Å². The van der Waals surface area contributed by atoms with Gasteiger partial charge in [-0.1, -0.05) is 54.1 Å². The van der Waals surface area contributed by atoms with Gasteiger partial charge in [-0.2, -0.15) is 0 Å². The molecule has 3 N–H and O–H groups in total. The van der Waals surface area contributed by atoms with Gasteiger partial charge in [0.05, 0.1) is 12.3 Å². The molecule has 6 nitrogen and oxygen atoms in total. The van der Waals surface area contributed by atoms with Crippen molar-refractivity contribution < 1.29 is 8.42 Å². The summed E-state index contributed by atoms with van der Waals surface area (Å²) in [5.74, 6) is 0.693.